The van der Waals surface area contributed by atoms with Gasteiger partial charge < -0.3 is 14.2 Å². The molecule has 0 saturated carbocycles. The van der Waals surface area contributed by atoms with Crippen LogP contribution in [-0.2, 0) is 16.9 Å². The Labute approximate surface area is 156 Å². The molecule has 0 unspecified atom stereocenters. The Kier molecular flexibility index (Phi) is 3.42. The van der Waals surface area contributed by atoms with Gasteiger partial charge in [0.25, 0.3) is 5.91 Å². The summed E-state index contributed by atoms with van der Waals surface area (Å²) >= 11 is 0. The molecule has 2 aromatic heterocycles. The number of ether oxygens (including phenoxy) is 1. The van der Waals surface area contributed by atoms with Crippen LogP contribution in [0.4, 0.5) is 0 Å². The second kappa shape index (κ2) is 5.72. The average Bonchev–Trinajstić information content (AvgIpc) is 3.20. The first-order valence-corrected chi connectivity index (χ1v) is 8.85. The summed E-state index contributed by atoms with van der Waals surface area (Å²) in [6.07, 6.45) is 1.84. The minimum atomic E-state index is -0.501. The maximum atomic E-state index is 12.8. The predicted octanol–water partition coefficient (Wildman–Crippen LogP) is 2.63. The summed E-state index contributed by atoms with van der Waals surface area (Å²) in [7, 11) is 0. The van der Waals surface area contributed by atoms with Crippen molar-refractivity contribution in [2.24, 2.45) is 0 Å². The molecule has 7 heteroatoms. The molecule has 1 aromatic carbocycles. The minimum Gasteiger partial charge on any atom is -0.361 e. The van der Waals surface area contributed by atoms with Crippen molar-refractivity contribution < 1.29 is 14.1 Å². The Morgan fingerprint density at radius 3 is 2.67 bits per heavy atom. The van der Waals surface area contributed by atoms with E-state index in [0.717, 1.165) is 16.8 Å². The van der Waals surface area contributed by atoms with Crippen molar-refractivity contribution in [3.63, 3.8) is 0 Å². The third kappa shape index (κ3) is 2.39. The molecule has 0 N–H and O–H groups in total. The quantitative estimate of drug-likeness (QED) is 0.697. The van der Waals surface area contributed by atoms with Crippen molar-refractivity contribution in [1.82, 2.24) is 20.0 Å². The minimum absolute atomic E-state index is 0.0734. The Hall–Kier alpha value is -3.06. The van der Waals surface area contributed by atoms with Crippen LogP contribution in [0.15, 0.2) is 41.1 Å². The fourth-order valence-electron chi connectivity index (χ4n) is 3.84. The van der Waals surface area contributed by atoms with Gasteiger partial charge >= 0.3 is 0 Å². The predicted molar refractivity (Wildman–Crippen MR) is 95.8 cm³/mol. The lowest BCUT2D eigenvalue weighted by molar-refractivity contribution is -0.126. The second-order valence-corrected chi connectivity index (χ2v) is 7.06. The zero-order chi connectivity index (χ0) is 18.6. The zero-order valence-corrected chi connectivity index (χ0v) is 15.1. The number of aryl methyl sites for hydroxylation is 2. The number of carbonyl (C=O) groups excluding carboxylic acids is 1. The molecule has 4 heterocycles. The Bertz CT molecular complexity index is 1020. The molecule has 136 valence electrons. The largest absolute Gasteiger partial charge is 0.361 e. The summed E-state index contributed by atoms with van der Waals surface area (Å²) in [5, 5.41) is 3.87. The van der Waals surface area contributed by atoms with Crippen LogP contribution in [0.3, 0.4) is 0 Å². The number of amides is 1. The molecule has 0 atom stereocenters. The van der Waals surface area contributed by atoms with E-state index in [2.05, 4.69) is 15.1 Å². The first-order chi connectivity index (χ1) is 13.1. The lowest BCUT2D eigenvalue weighted by Gasteiger charge is -2.47. The third-order valence-corrected chi connectivity index (χ3v) is 5.30. The number of benzene rings is 1. The highest BCUT2D eigenvalue weighted by atomic mass is 16.5. The van der Waals surface area contributed by atoms with Crippen LogP contribution < -0.4 is 0 Å². The van der Waals surface area contributed by atoms with Crippen molar-refractivity contribution in [1.29, 1.82) is 0 Å². The summed E-state index contributed by atoms with van der Waals surface area (Å²) in [5.41, 5.74) is 3.50. The molecule has 2 aliphatic heterocycles. The molecule has 5 rings (SSSR count). The van der Waals surface area contributed by atoms with Crippen molar-refractivity contribution >= 4 is 5.91 Å². The van der Waals surface area contributed by atoms with E-state index in [0.29, 0.717) is 42.5 Å². The molecule has 7 nitrogen and oxygen atoms in total. The number of hydrogen-bond donors (Lipinski definition) is 0. The number of likely N-dealkylation sites (tertiary alicyclic amines) is 1. The van der Waals surface area contributed by atoms with Gasteiger partial charge in [0.2, 0.25) is 0 Å². The molecule has 1 amide bonds. The molecule has 1 spiro atoms. The van der Waals surface area contributed by atoms with Gasteiger partial charge in [-0.1, -0.05) is 35.5 Å². The smallest absolute Gasteiger partial charge is 0.259 e. The fourth-order valence-corrected chi connectivity index (χ4v) is 3.84. The van der Waals surface area contributed by atoms with Crippen LogP contribution in [0, 0.1) is 13.8 Å². The maximum absolute atomic E-state index is 12.8. The standard InChI is InChI=1S/C20H18N4O3/c1-12-17(13(2)27-23-12)19(25)24-10-20(11-24)15-8-21-18(22-16(15)9-26-20)14-6-4-3-5-7-14/h3-8H,9-11H2,1-2H3. The summed E-state index contributed by atoms with van der Waals surface area (Å²) in [6.45, 7) is 4.93. The van der Waals surface area contributed by atoms with E-state index in [9.17, 15) is 4.79 Å². The number of hydrogen-bond acceptors (Lipinski definition) is 6. The molecule has 1 fully saturated rings. The van der Waals surface area contributed by atoms with Crippen LogP contribution >= 0.6 is 0 Å². The summed E-state index contributed by atoms with van der Waals surface area (Å²) in [5.74, 6) is 1.16. The van der Waals surface area contributed by atoms with Crippen LogP contribution in [0.5, 0.6) is 0 Å². The first kappa shape index (κ1) is 16.1. The highest BCUT2D eigenvalue weighted by Crippen LogP contribution is 2.43. The van der Waals surface area contributed by atoms with E-state index < -0.39 is 5.60 Å². The average molecular weight is 362 g/mol. The van der Waals surface area contributed by atoms with Crippen molar-refractivity contribution in [3.05, 3.63) is 64.8 Å². The SMILES string of the molecule is Cc1noc(C)c1C(=O)N1CC2(C1)OCc1nc(-c3ccccc3)ncc12. The summed E-state index contributed by atoms with van der Waals surface area (Å²) in [4.78, 5) is 23.7. The van der Waals surface area contributed by atoms with Gasteiger partial charge in [0.05, 0.1) is 31.1 Å². The maximum Gasteiger partial charge on any atom is 0.259 e. The number of rotatable bonds is 2. The van der Waals surface area contributed by atoms with Crippen molar-refractivity contribution in [3.8, 4) is 11.4 Å². The molecule has 0 aliphatic carbocycles. The molecule has 27 heavy (non-hydrogen) atoms. The van der Waals surface area contributed by atoms with Crippen LogP contribution in [-0.4, -0.2) is 39.0 Å². The molecule has 0 radical (unpaired) electrons. The van der Waals surface area contributed by atoms with E-state index in [1.165, 1.54) is 0 Å². The topological polar surface area (TPSA) is 81.4 Å². The molecule has 0 bridgehead atoms. The van der Waals surface area contributed by atoms with Gasteiger partial charge in [0.1, 0.15) is 16.9 Å². The van der Waals surface area contributed by atoms with Crippen molar-refractivity contribution in [2.45, 2.75) is 26.1 Å². The van der Waals surface area contributed by atoms with Gasteiger partial charge in [0, 0.05) is 17.3 Å². The number of fused-ring (bicyclic) bond motifs is 2. The summed E-state index contributed by atoms with van der Waals surface area (Å²) < 4.78 is 11.2. The highest BCUT2D eigenvalue weighted by molar-refractivity contribution is 5.96. The number of aromatic nitrogens is 3. The fraction of sp³-hybridized carbons (Fsp3) is 0.300. The van der Waals surface area contributed by atoms with E-state index in [1.54, 1.807) is 18.7 Å². The van der Waals surface area contributed by atoms with Crippen molar-refractivity contribution in [2.75, 3.05) is 13.1 Å². The lowest BCUT2D eigenvalue weighted by atomic mass is 9.87. The Morgan fingerprint density at radius 2 is 1.96 bits per heavy atom. The van der Waals surface area contributed by atoms with Gasteiger partial charge in [-0.05, 0) is 13.8 Å². The molecule has 2 aliphatic rings. The van der Waals surface area contributed by atoms with Crippen LogP contribution in [0.1, 0.15) is 33.1 Å². The van der Waals surface area contributed by atoms with Gasteiger partial charge in [-0.3, -0.25) is 4.79 Å². The number of carbonyl (C=O) groups is 1. The highest BCUT2D eigenvalue weighted by Gasteiger charge is 2.53. The van der Waals surface area contributed by atoms with Gasteiger partial charge in [-0.25, -0.2) is 9.97 Å². The zero-order valence-electron chi connectivity index (χ0n) is 15.1. The van der Waals surface area contributed by atoms with E-state index in [-0.39, 0.29) is 5.91 Å². The monoisotopic (exact) mass is 362 g/mol. The molecular weight excluding hydrogens is 344 g/mol. The number of nitrogens with zero attached hydrogens (tertiary/aromatic N) is 4. The summed E-state index contributed by atoms with van der Waals surface area (Å²) in [6, 6.07) is 9.87. The normalized spacial score (nSPS) is 17.0. The van der Waals surface area contributed by atoms with Crippen LogP contribution in [0.25, 0.3) is 11.4 Å². The first-order valence-electron chi connectivity index (χ1n) is 8.85. The molecule has 1 saturated heterocycles. The van der Waals surface area contributed by atoms with Gasteiger partial charge in [-0.2, -0.15) is 0 Å². The molecular formula is C20H18N4O3. The molecule has 3 aromatic rings. The van der Waals surface area contributed by atoms with Gasteiger partial charge in [-0.15, -0.1) is 0 Å². The van der Waals surface area contributed by atoms with Gasteiger partial charge in [0.15, 0.2) is 5.82 Å². The van der Waals surface area contributed by atoms with Crippen LogP contribution in [0.2, 0.25) is 0 Å². The Morgan fingerprint density at radius 1 is 1.19 bits per heavy atom. The lowest BCUT2D eigenvalue weighted by Crippen LogP contribution is -2.61. The second-order valence-electron chi connectivity index (χ2n) is 7.06. The third-order valence-electron chi connectivity index (χ3n) is 5.30. The van der Waals surface area contributed by atoms with E-state index in [1.807, 2.05) is 36.5 Å². The van der Waals surface area contributed by atoms with E-state index in [4.69, 9.17) is 9.26 Å². The van der Waals surface area contributed by atoms with E-state index >= 15 is 0 Å². The Balaban J connectivity index is 1.39.